The number of nitrogens with one attached hydrogen (secondary N) is 1. The summed E-state index contributed by atoms with van der Waals surface area (Å²) >= 11 is 30.4. The molecule has 70 heavy (non-hydrogen) atoms. The third-order valence-corrected chi connectivity index (χ3v) is 12.8. The van der Waals surface area contributed by atoms with Crippen LogP contribution in [0.5, 0.6) is 11.5 Å². The number of benzene rings is 2. The molecule has 0 saturated carbocycles. The van der Waals surface area contributed by atoms with Gasteiger partial charge in [0.2, 0.25) is 11.8 Å². The average Bonchev–Trinajstić information content (AvgIpc) is 3.87. The topological polar surface area (TPSA) is 166 Å². The van der Waals surface area contributed by atoms with E-state index >= 15 is 0 Å². The van der Waals surface area contributed by atoms with Crippen LogP contribution in [0.1, 0.15) is 38.4 Å². The monoisotopic (exact) mass is 1050 g/mol. The van der Waals surface area contributed by atoms with Crippen LogP contribution in [0.2, 0.25) is 20.1 Å². The lowest BCUT2D eigenvalue weighted by Gasteiger charge is -2.36. The Morgan fingerprint density at radius 1 is 0.743 bits per heavy atom. The number of nitriles is 1. The summed E-state index contributed by atoms with van der Waals surface area (Å²) in [6.45, 7) is 21.4. The van der Waals surface area contributed by atoms with E-state index < -0.39 is 0 Å². The van der Waals surface area contributed by atoms with Crippen LogP contribution in [0.15, 0.2) is 72.8 Å². The lowest BCUT2D eigenvalue weighted by molar-refractivity contribution is -0.132. The predicted molar refractivity (Wildman–Crippen MR) is 278 cm³/mol. The van der Waals surface area contributed by atoms with Crippen LogP contribution >= 0.6 is 58.0 Å². The molecule has 2 amide bonds. The molecule has 16 nitrogen and oxygen atoms in total. The van der Waals surface area contributed by atoms with Crippen molar-refractivity contribution in [1.29, 1.82) is 5.26 Å². The largest absolute Gasteiger partial charge is 0.492 e. The first-order chi connectivity index (χ1) is 33.3. The Hall–Kier alpha value is -6.27. The van der Waals surface area contributed by atoms with Gasteiger partial charge < -0.3 is 33.9 Å². The van der Waals surface area contributed by atoms with Gasteiger partial charge in [-0.2, -0.15) is 15.5 Å². The highest BCUT2D eigenvalue weighted by atomic mass is 35.5. The number of carbonyl (C=O) groups is 2. The van der Waals surface area contributed by atoms with E-state index in [4.69, 9.17) is 79.3 Å². The molecule has 6 heterocycles. The Bertz CT molecular complexity index is 2830. The van der Waals surface area contributed by atoms with Gasteiger partial charge >= 0.3 is 0 Å². The van der Waals surface area contributed by atoms with Gasteiger partial charge in [-0.05, 0) is 76.2 Å². The van der Waals surface area contributed by atoms with Gasteiger partial charge in [-0.15, -0.1) is 16.6 Å². The molecule has 0 atom stereocenters. The van der Waals surface area contributed by atoms with Gasteiger partial charge in [-0.25, -0.2) is 4.98 Å². The first-order valence-electron chi connectivity index (χ1n) is 21.9. The van der Waals surface area contributed by atoms with E-state index in [1.54, 1.807) is 46.0 Å². The molecule has 2 saturated heterocycles. The maximum Gasteiger partial charge on any atom is 0.270 e. The van der Waals surface area contributed by atoms with Crippen LogP contribution in [-0.2, 0) is 16.1 Å². The predicted octanol–water partition coefficient (Wildman–Crippen LogP) is 10.4. The number of carbonyl (C=O) groups excluding carboxylic acids is 2. The van der Waals surface area contributed by atoms with E-state index in [2.05, 4.69) is 39.9 Å². The molecule has 6 aromatic rings. The Morgan fingerprint density at radius 2 is 1.27 bits per heavy atom. The van der Waals surface area contributed by atoms with Crippen molar-refractivity contribution in [3.8, 4) is 40.3 Å². The molecule has 368 valence electrons. The van der Waals surface area contributed by atoms with Crippen LogP contribution in [0.4, 0.5) is 17.2 Å². The molecule has 1 N–H and O–H groups in total. The van der Waals surface area contributed by atoms with Crippen molar-refractivity contribution >= 4 is 87.0 Å². The third kappa shape index (κ3) is 13.7. The second-order valence-electron chi connectivity index (χ2n) is 15.4. The minimum Gasteiger partial charge on any atom is -0.492 e. The van der Waals surface area contributed by atoms with Crippen LogP contribution in [-0.4, -0.2) is 123 Å². The summed E-state index contributed by atoms with van der Waals surface area (Å²) in [5.74, 6) is 1.66. The number of piperazine rings is 2. The highest BCUT2D eigenvalue weighted by Gasteiger charge is 2.26. The summed E-state index contributed by atoms with van der Waals surface area (Å²) in [6, 6.07) is 23.8. The van der Waals surface area contributed by atoms with Crippen molar-refractivity contribution in [3.63, 3.8) is 0 Å². The number of hydrogen-bond donors (Lipinski definition) is 1. The minimum absolute atomic E-state index is 0. The van der Waals surface area contributed by atoms with Gasteiger partial charge in [0.05, 0.1) is 50.4 Å². The van der Waals surface area contributed by atoms with Crippen molar-refractivity contribution < 1.29 is 19.1 Å². The zero-order valence-electron chi connectivity index (χ0n) is 38.4. The summed E-state index contributed by atoms with van der Waals surface area (Å²) in [4.78, 5) is 44.3. The zero-order chi connectivity index (χ0) is 49.6. The van der Waals surface area contributed by atoms with Gasteiger partial charge in [0.1, 0.15) is 41.4 Å². The molecule has 0 radical (unpaired) electrons. The fourth-order valence-corrected chi connectivity index (χ4v) is 8.25. The van der Waals surface area contributed by atoms with E-state index in [9.17, 15) is 9.59 Å². The highest BCUT2D eigenvalue weighted by molar-refractivity contribution is 6.34. The standard InChI is InChI=1S/C24H24Cl2N6O2.C14H18Cl2N2O2.C10H7ClN4.CH4/c1-4-34-20-14-17(8-9-18(20)25)30-10-12-31(13-11-30)22(33)15-32-16(2)23(26)24(29-32)19-6-5-7-21(27-3)28-19;1-2-20-13-9-11(3-4-12(13)16)17-5-7-18(8-6-17)14(19)10-15;1-6-9(11)10(15-14-6)8-4-2-3-7(5-12)13-8;/h5-9,14H,4,10-13,15H2,1-2H3;3-4,9H,2,5-8,10H2,1H3;2-4H,1H3,(H,14,15);1H4. The Morgan fingerprint density at radius 3 is 1.76 bits per heavy atom. The maximum atomic E-state index is 13.0. The number of amides is 2. The first-order valence-corrected chi connectivity index (χ1v) is 23.9. The molecule has 0 spiro atoms. The number of rotatable bonds is 11. The van der Waals surface area contributed by atoms with Crippen molar-refractivity contribution in [3.05, 3.63) is 121 Å². The minimum atomic E-state index is -0.0255. The van der Waals surface area contributed by atoms with Crippen LogP contribution in [0, 0.1) is 31.8 Å². The zero-order valence-corrected chi connectivity index (χ0v) is 42.1. The smallest absolute Gasteiger partial charge is 0.270 e. The molecule has 4 aromatic heterocycles. The molecule has 8 rings (SSSR count). The summed E-state index contributed by atoms with van der Waals surface area (Å²) in [6.07, 6.45) is 0. The maximum absolute atomic E-state index is 13.0. The van der Waals surface area contributed by atoms with E-state index in [1.807, 2.05) is 75.1 Å². The normalized spacial score (nSPS) is 13.1. The summed E-state index contributed by atoms with van der Waals surface area (Å²) in [7, 11) is 0. The Balaban J connectivity index is 0.000000214. The third-order valence-electron chi connectivity index (χ3n) is 11.0. The van der Waals surface area contributed by atoms with E-state index in [1.165, 1.54) is 0 Å². The molecular weight excluding hydrogens is 998 g/mol. The summed E-state index contributed by atoms with van der Waals surface area (Å²) in [5.41, 5.74) is 6.06. The number of aryl methyl sites for hydroxylation is 1. The lowest BCUT2D eigenvalue weighted by Crippen LogP contribution is -2.49. The van der Waals surface area contributed by atoms with Crippen molar-refractivity contribution in [2.45, 2.75) is 41.7 Å². The average molecular weight is 1050 g/mol. The molecule has 2 aromatic carbocycles. The van der Waals surface area contributed by atoms with Gasteiger partial charge in [0, 0.05) is 75.9 Å². The number of anilines is 2. The molecule has 0 unspecified atom stereocenters. The number of pyridine rings is 2. The SMILES string of the molecule is C.CCOc1cc(N2CCN(C(=O)CCl)CC2)ccc1Cl.Cc1[nH]nc(-c2cccc(C#N)n2)c1Cl.[C-]#[N+]c1cccc(-c2nn(CC(=O)N3CCN(c4ccc(Cl)c(OCC)c4)CC3)c(C)c2Cl)n1. The molecule has 2 aliphatic heterocycles. The van der Waals surface area contributed by atoms with E-state index in [0.717, 1.165) is 30.2 Å². The molecule has 0 aliphatic carbocycles. The van der Waals surface area contributed by atoms with Crippen molar-refractivity contribution in [1.82, 2.24) is 39.7 Å². The number of aromatic nitrogens is 6. The fourth-order valence-electron chi connectivity index (χ4n) is 7.32. The first kappa shape index (κ1) is 54.7. The van der Waals surface area contributed by atoms with E-state index in [0.29, 0.717) is 118 Å². The molecular formula is C49H53Cl5N12O4. The second-order valence-corrected chi connectivity index (χ2v) is 17.2. The molecule has 2 aliphatic rings. The van der Waals surface area contributed by atoms with Gasteiger partial charge in [-0.1, -0.05) is 72.5 Å². The number of nitrogens with zero attached hydrogens (tertiary/aromatic N) is 11. The quantitative estimate of drug-likeness (QED) is 0.0969. The number of hydrogen-bond acceptors (Lipinski definition) is 11. The number of alkyl halides is 1. The lowest BCUT2D eigenvalue weighted by atomic mass is 10.2. The van der Waals surface area contributed by atoms with Gasteiger partial charge in [-0.3, -0.25) is 19.4 Å². The number of halogens is 5. The molecule has 0 bridgehead atoms. The number of H-pyrrole nitrogens is 1. The number of aromatic amines is 1. The van der Waals surface area contributed by atoms with Crippen molar-refractivity contribution in [2.75, 3.05) is 81.3 Å². The molecule has 21 heteroatoms. The van der Waals surface area contributed by atoms with Gasteiger partial charge in [0.15, 0.2) is 11.4 Å². The summed E-state index contributed by atoms with van der Waals surface area (Å²) < 4.78 is 12.7. The molecule has 2 fully saturated rings. The highest BCUT2D eigenvalue weighted by Crippen LogP contribution is 2.33. The fraction of sp³-hybridized carbons (Fsp3) is 0.347. The number of ether oxygens (including phenoxy) is 2. The van der Waals surface area contributed by atoms with Crippen LogP contribution in [0.3, 0.4) is 0 Å². The Labute approximate surface area is 433 Å². The summed E-state index contributed by atoms with van der Waals surface area (Å²) in [5, 5.41) is 22.2. The van der Waals surface area contributed by atoms with Crippen molar-refractivity contribution in [2.24, 2.45) is 0 Å². The van der Waals surface area contributed by atoms with Crippen LogP contribution < -0.4 is 19.3 Å². The van der Waals surface area contributed by atoms with Gasteiger partial charge in [0.25, 0.3) is 5.82 Å². The van der Waals surface area contributed by atoms with Crippen LogP contribution in [0.25, 0.3) is 27.6 Å². The Kier molecular flexibility index (Phi) is 20.4. The van der Waals surface area contributed by atoms with E-state index in [-0.39, 0.29) is 37.5 Å². The second kappa shape index (κ2) is 26.1.